The zero-order valence-electron chi connectivity index (χ0n) is 18.7. The lowest BCUT2D eigenvalue weighted by atomic mass is 9.45. The second-order valence-corrected chi connectivity index (χ2v) is 12.2. The van der Waals surface area contributed by atoms with Crippen molar-refractivity contribution in [2.75, 3.05) is 6.54 Å². The van der Waals surface area contributed by atoms with Gasteiger partial charge < -0.3 is 9.73 Å². The zero-order valence-corrected chi connectivity index (χ0v) is 21.1. The van der Waals surface area contributed by atoms with Gasteiger partial charge in [-0.2, -0.15) is 5.10 Å². The Bertz CT molecular complexity index is 1410. The highest BCUT2D eigenvalue weighted by atomic mass is 35.5. The highest BCUT2D eigenvalue weighted by Gasteiger charge is 2.54. The minimum absolute atomic E-state index is 0.207. The van der Waals surface area contributed by atoms with Crippen molar-refractivity contribution in [1.82, 2.24) is 15.1 Å². The van der Waals surface area contributed by atoms with Crippen LogP contribution in [0.3, 0.4) is 0 Å². The summed E-state index contributed by atoms with van der Waals surface area (Å²) in [4.78, 5) is 14.5. The highest BCUT2D eigenvalue weighted by molar-refractivity contribution is 7.19. The molecule has 3 aliphatic carbocycles. The Morgan fingerprint density at radius 3 is 2.85 bits per heavy atom. The first-order valence-electron chi connectivity index (χ1n) is 11.4. The molecule has 0 spiro atoms. The van der Waals surface area contributed by atoms with Crippen LogP contribution in [-0.2, 0) is 0 Å². The Kier molecular flexibility index (Phi) is 4.88. The predicted octanol–water partition coefficient (Wildman–Crippen LogP) is 7.25. The molecule has 1 aromatic carbocycles. The third-order valence-corrected chi connectivity index (χ3v) is 9.55. The molecule has 3 atom stereocenters. The van der Waals surface area contributed by atoms with Gasteiger partial charge in [0.1, 0.15) is 11.1 Å². The molecule has 1 amide bonds. The van der Waals surface area contributed by atoms with Crippen LogP contribution >= 0.6 is 34.5 Å². The molecule has 0 saturated heterocycles. The Balaban J connectivity index is 1.37. The number of furan rings is 1. The van der Waals surface area contributed by atoms with Gasteiger partial charge in [-0.25, -0.2) is 4.68 Å². The van der Waals surface area contributed by atoms with Gasteiger partial charge in [0.2, 0.25) is 0 Å². The first-order valence-corrected chi connectivity index (χ1v) is 13.0. The number of rotatable bonds is 4. The number of aromatic nitrogens is 2. The molecule has 0 radical (unpaired) electrons. The fourth-order valence-corrected chi connectivity index (χ4v) is 7.49. The van der Waals surface area contributed by atoms with E-state index in [9.17, 15) is 4.79 Å². The van der Waals surface area contributed by atoms with Crippen LogP contribution in [0.4, 0.5) is 0 Å². The van der Waals surface area contributed by atoms with Crippen LogP contribution in [0.25, 0.3) is 27.1 Å². The number of amides is 1. The standard InChI is InChI=1S/C25H25Cl2N3O2S/c1-12-8-19-23(33-12)21-22(32-19)20(29-30(21)18-7-6-15(26)10-17(18)27)24(31)28-11-13-4-5-14-9-16(13)25(14,2)3/h6-8,10,13-14,16H,4-5,9,11H2,1-3H3,(H,28,31). The summed E-state index contributed by atoms with van der Waals surface area (Å²) in [5, 5.41) is 8.85. The van der Waals surface area contributed by atoms with Crippen LogP contribution < -0.4 is 5.32 Å². The van der Waals surface area contributed by atoms with Crippen molar-refractivity contribution < 1.29 is 9.21 Å². The lowest BCUT2D eigenvalue weighted by Gasteiger charge is -2.60. The molecule has 3 aliphatic rings. The average molecular weight is 502 g/mol. The number of thiophene rings is 1. The maximum atomic E-state index is 13.3. The Labute approximate surface area is 206 Å². The van der Waals surface area contributed by atoms with E-state index in [-0.39, 0.29) is 5.91 Å². The molecule has 3 fully saturated rings. The molecule has 172 valence electrons. The van der Waals surface area contributed by atoms with Crippen molar-refractivity contribution >= 4 is 61.8 Å². The van der Waals surface area contributed by atoms with E-state index >= 15 is 0 Å². The number of benzene rings is 1. The number of nitrogens with zero attached hydrogens (tertiary/aromatic N) is 2. The molecule has 0 aliphatic heterocycles. The second-order valence-electron chi connectivity index (χ2n) is 10.1. The van der Waals surface area contributed by atoms with Crippen LogP contribution in [0, 0.1) is 30.1 Å². The third-order valence-electron chi connectivity index (χ3n) is 7.97. The fraction of sp³-hybridized carbons (Fsp3) is 0.440. The number of carbonyl (C=O) groups excluding carboxylic acids is 1. The van der Waals surface area contributed by atoms with Gasteiger partial charge in [-0.05, 0) is 73.6 Å². The van der Waals surface area contributed by atoms with E-state index in [1.807, 2.05) is 19.1 Å². The van der Waals surface area contributed by atoms with Crippen molar-refractivity contribution in [1.29, 1.82) is 0 Å². The third kappa shape index (κ3) is 3.25. The van der Waals surface area contributed by atoms with Crippen molar-refractivity contribution in [2.24, 2.45) is 23.2 Å². The van der Waals surface area contributed by atoms with E-state index in [0.29, 0.717) is 50.8 Å². The van der Waals surface area contributed by atoms with Crippen molar-refractivity contribution in [3.8, 4) is 5.69 Å². The molecule has 1 N–H and O–H groups in total. The number of aryl methyl sites for hydroxylation is 1. The van der Waals surface area contributed by atoms with Gasteiger partial charge in [0.25, 0.3) is 5.91 Å². The minimum atomic E-state index is -0.207. The number of fused-ring (bicyclic) bond motifs is 5. The zero-order chi connectivity index (χ0) is 23.1. The molecule has 3 saturated carbocycles. The number of hydrogen-bond acceptors (Lipinski definition) is 4. The Morgan fingerprint density at radius 2 is 2.12 bits per heavy atom. The summed E-state index contributed by atoms with van der Waals surface area (Å²) in [7, 11) is 0. The van der Waals surface area contributed by atoms with E-state index in [1.54, 1.807) is 28.2 Å². The summed E-state index contributed by atoms with van der Waals surface area (Å²) in [5.41, 5.74) is 3.35. The van der Waals surface area contributed by atoms with Gasteiger partial charge in [-0.15, -0.1) is 11.3 Å². The van der Waals surface area contributed by atoms with E-state index < -0.39 is 0 Å². The molecular formula is C25H25Cl2N3O2S. The molecule has 8 heteroatoms. The normalized spacial score (nSPS) is 23.7. The van der Waals surface area contributed by atoms with Crippen LogP contribution in [0.5, 0.6) is 0 Å². The van der Waals surface area contributed by atoms with Crippen molar-refractivity contribution in [3.05, 3.63) is 44.9 Å². The smallest absolute Gasteiger partial charge is 0.275 e. The molecular weight excluding hydrogens is 477 g/mol. The molecule has 3 heterocycles. The number of nitrogens with one attached hydrogen (secondary N) is 1. The average Bonchev–Trinajstić information content (AvgIpc) is 3.41. The van der Waals surface area contributed by atoms with Gasteiger partial charge in [-0.1, -0.05) is 37.0 Å². The van der Waals surface area contributed by atoms with Gasteiger partial charge in [0.05, 0.1) is 15.4 Å². The van der Waals surface area contributed by atoms with E-state index in [0.717, 1.165) is 26.6 Å². The number of halogens is 2. The van der Waals surface area contributed by atoms with Crippen molar-refractivity contribution in [3.63, 3.8) is 0 Å². The lowest BCUT2D eigenvalue weighted by Crippen LogP contribution is -2.54. The SMILES string of the molecule is Cc1cc2oc3c(C(=O)NCC4CCC5CC4C5(C)C)nn(-c4ccc(Cl)cc4Cl)c3c2s1. The van der Waals surface area contributed by atoms with Crippen LogP contribution in [0.1, 0.15) is 48.5 Å². The topological polar surface area (TPSA) is 60.1 Å². The molecule has 5 nitrogen and oxygen atoms in total. The molecule has 2 bridgehead atoms. The van der Waals surface area contributed by atoms with Gasteiger partial charge in [0, 0.05) is 16.4 Å². The summed E-state index contributed by atoms with van der Waals surface area (Å²) >= 11 is 14.2. The van der Waals surface area contributed by atoms with Gasteiger partial charge >= 0.3 is 0 Å². The first kappa shape index (κ1) is 21.5. The van der Waals surface area contributed by atoms with Crippen LogP contribution in [0.15, 0.2) is 28.7 Å². The molecule has 7 rings (SSSR count). The van der Waals surface area contributed by atoms with Gasteiger partial charge in [0.15, 0.2) is 11.3 Å². The summed E-state index contributed by atoms with van der Waals surface area (Å²) in [6, 6.07) is 7.25. The monoisotopic (exact) mass is 501 g/mol. The lowest BCUT2D eigenvalue weighted by molar-refractivity contribution is -0.103. The van der Waals surface area contributed by atoms with E-state index in [2.05, 4.69) is 24.3 Å². The van der Waals surface area contributed by atoms with E-state index in [1.165, 1.54) is 19.3 Å². The summed E-state index contributed by atoms with van der Waals surface area (Å²) in [6.45, 7) is 7.45. The maximum Gasteiger partial charge on any atom is 0.275 e. The molecule has 33 heavy (non-hydrogen) atoms. The summed E-state index contributed by atoms with van der Waals surface area (Å²) in [5.74, 6) is 1.83. The fourth-order valence-electron chi connectivity index (χ4n) is 6.03. The Morgan fingerprint density at radius 1 is 1.30 bits per heavy atom. The highest BCUT2D eigenvalue weighted by Crippen LogP contribution is 2.61. The number of carbonyl (C=O) groups is 1. The van der Waals surface area contributed by atoms with Gasteiger partial charge in [-0.3, -0.25) is 4.79 Å². The summed E-state index contributed by atoms with van der Waals surface area (Å²) in [6.07, 6.45) is 3.72. The molecule has 3 aromatic heterocycles. The Hall–Kier alpha value is -2.02. The van der Waals surface area contributed by atoms with Crippen LogP contribution in [0.2, 0.25) is 10.0 Å². The van der Waals surface area contributed by atoms with Crippen LogP contribution in [-0.4, -0.2) is 22.2 Å². The molecule has 3 unspecified atom stereocenters. The van der Waals surface area contributed by atoms with E-state index in [4.69, 9.17) is 27.6 Å². The predicted molar refractivity (Wildman–Crippen MR) is 134 cm³/mol. The second kappa shape index (κ2) is 7.49. The summed E-state index contributed by atoms with van der Waals surface area (Å²) < 4.78 is 8.81. The number of hydrogen-bond donors (Lipinski definition) is 1. The quantitative estimate of drug-likeness (QED) is 0.320. The maximum absolute atomic E-state index is 13.3. The first-order chi connectivity index (χ1) is 15.7. The minimum Gasteiger partial charge on any atom is -0.451 e. The largest absolute Gasteiger partial charge is 0.451 e. The molecule has 4 aromatic rings. The van der Waals surface area contributed by atoms with Crippen molar-refractivity contribution in [2.45, 2.75) is 40.0 Å².